The fourth-order valence-corrected chi connectivity index (χ4v) is 2.02. The van der Waals surface area contributed by atoms with Crippen molar-refractivity contribution < 1.29 is 14.4 Å². The Bertz CT molecular complexity index is 367. The van der Waals surface area contributed by atoms with Crippen molar-refractivity contribution in [2.45, 2.75) is 32.9 Å². The summed E-state index contributed by atoms with van der Waals surface area (Å²) in [5.74, 6) is 1.93. The van der Waals surface area contributed by atoms with Crippen LogP contribution in [-0.4, -0.2) is 52.6 Å². The Morgan fingerprint density at radius 3 is 3.06 bits per heavy atom. The van der Waals surface area contributed by atoms with E-state index < -0.39 is 0 Å². The summed E-state index contributed by atoms with van der Waals surface area (Å²) in [7, 11) is 0. The summed E-state index contributed by atoms with van der Waals surface area (Å²) >= 11 is 0. The average Bonchev–Trinajstić information content (AvgIpc) is 2.76. The zero-order valence-electron chi connectivity index (χ0n) is 11.0. The lowest BCUT2D eigenvalue weighted by atomic mass is 10.1. The fourth-order valence-electron chi connectivity index (χ4n) is 2.02. The quantitative estimate of drug-likeness (QED) is 0.824. The third kappa shape index (κ3) is 3.76. The molecule has 6 heteroatoms. The van der Waals surface area contributed by atoms with Crippen LogP contribution in [0.1, 0.15) is 25.6 Å². The van der Waals surface area contributed by atoms with Gasteiger partial charge in [-0.05, 0) is 5.92 Å². The SMILES string of the molecule is CC(C)Cc1nc(CN2CCOC(CO)C2)no1. The first-order chi connectivity index (χ1) is 8.67. The second-order valence-electron chi connectivity index (χ2n) is 5.11. The standard InChI is InChI=1S/C12H21N3O3/c1-9(2)5-12-13-11(14-18-12)7-15-3-4-17-10(6-15)8-16/h9-10,16H,3-8H2,1-2H3. The van der Waals surface area contributed by atoms with Crippen molar-refractivity contribution in [2.24, 2.45) is 5.92 Å². The van der Waals surface area contributed by atoms with E-state index in [1.807, 2.05) is 0 Å². The van der Waals surface area contributed by atoms with Crippen molar-refractivity contribution in [3.63, 3.8) is 0 Å². The maximum Gasteiger partial charge on any atom is 0.226 e. The van der Waals surface area contributed by atoms with Crippen molar-refractivity contribution >= 4 is 0 Å². The number of rotatable bonds is 5. The van der Waals surface area contributed by atoms with E-state index in [-0.39, 0.29) is 12.7 Å². The highest BCUT2D eigenvalue weighted by Crippen LogP contribution is 2.10. The number of aliphatic hydroxyl groups is 1. The number of aliphatic hydroxyl groups excluding tert-OH is 1. The van der Waals surface area contributed by atoms with Gasteiger partial charge in [-0.25, -0.2) is 0 Å². The highest BCUT2D eigenvalue weighted by molar-refractivity contribution is 4.88. The Labute approximate surface area is 107 Å². The highest BCUT2D eigenvalue weighted by atomic mass is 16.5. The maximum absolute atomic E-state index is 9.08. The lowest BCUT2D eigenvalue weighted by Gasteiger charge is -2.30. The number of morpholine rings is 1. The largest absolute Gasteiger partial charge is 0.394 e. The molecule has 1 aromatic rings. The molecule has 2 heterocycles. The summed E-state index contributed by atoms with van der Waals surface area (Å²) in [6.45, 7) is 7.15. The molecule has 18 heavy (non-hydrogen) atoms. The van der Waals surface area contributed by atoms with Gasteiger partial charge in [-0.15, -0.1) is 0 Å². The molecule has 0 saturated carbocycles. The van der Waals surface area contributed by atoms with Gasteiger partial charge in [0.2, 0.25) is 5.89 Å². The van der Waals surface area contributed by atoms with E-state index in [0.717, 1.165) is 13.0 Å². The number of aromatic nitrogens is 2. The zero-order valence-corrected chi connectivity index (χ0v) is 11.0. The van der Waals surface area contributed by atoms with E-state index in [0.29, 0.717) is 37.3 Å². The van der Waals surface area contributed by atoms with Crippen LogP contribution in [0.2, 0.25) is 0 Å². The third-order valence-electron chi connectivity index (χ3n) is 2.88. The normalized spacial score (nSPS) is 21.7. The second-order valence-corrected chi connectivity index (χ2v) is 5.11. The van der Waals surface area contributed by atoms with E-state index >= 15 is 0 Å². The van der Waals surface area contributed by atoms with Gasteiger partial charge in [-0.1, -0.05) is 19.0 Å². The van der Waals surface area contributed by atoms with Gasteiger partial charge in [-0.3, -0.25) is 4.90 Å². The van der Waals surface area contributed by atoms with Crippen LogP contribution in [0.25, 0.3) is 0 Å². The summed E-state index contributed by atoms with van der Waals surface area (Å²) in [5.41, 5.74) is 0. The van der Waals surface area contributed by atoms with Crippen molar-refractivity contribution in [3.8, 4) is 0 Å². The number of nitrogens with zero attached hydrogens (tertiary/aromatic N) is 3. The summed E-state index contributed by atoms with van der Waals surface area (Å²) in [6, 6.07) is 0. The fraction of sp³-hybridized carbons (Fsp3) is 0.833. The Hall–Kier alpha value is -0.980. The molecule has 0 bridgehead atoms. The van der Waals surface area contributed by atoms with Gasteiger partial charge in [0.15, 0.2) is 5.82 Å². The van der Waals surface area contributed by atoms with Gasteiger partial charge in [-0.2, -0.15) is 4.98 Å². The Balaban J connectivity index is 1.86. The highest BCUT2D eigenvalue weighted by Gasteiger charge is 2.21. The first kappa shape index (κ1) is 13.5. The van der Waals surface area contributed by atoms with Gasteiger partial charge in [0.25, 0.3) is 0 Å². The Kier molecular flexibility index (Phi) is 4.68. The van der Waals surface area contributed by atoms with Crippen LogP contribution in [0.4, 0.5) is 0 Å². The van der Waals surface area contributed by atoms with Gasteiger partial charge in [0.05, 0.1) is 25.9 Å². The molecule has 102 valence electrons. The van der Waals surface area contributed by atoms with Crippen molar-refractivity contribution in [2.75, 3.05) is 26.3 Å². The Morgan fingerprint density at radius 2 is 2.33 bits per heavy atom. The predicted octanol–water partition coefficient (Wildman–Crippen LogP) is 0.461. The summed E-state index contributed by atoms with van der Waals surface area (Å²) < 4.78 is 10.6. The number of hydrogen-bond acceptors (Lipinski definition) is 6. The minimum absolute atomic E-state index is 0.0569. The summed E-state index contributed by atoms with van der Waals surface area (Å²) in [4.78, 5) is 6.55. The minimum atomic E-state index is -0.0965. The summed E-state index contributed by atoms with van der Waals surface area (Å²) in [6.07, 6.45) is 0.718. The zero-order chi connectivity index (χ0) is 13.0. The van der Waals surface area contributed by atoms with E-state index in [9.17, 15) is 0 Å². The van der Waals surface area contributed by atoms with E-state index in [1.165, 1.54) is 0 Å². The van der Waals surface area contributed by atoms with Crippen LogP contribution < -0.4 is 0 Å². The van der Waals surface area contributed by atoms with Crippen LogP contribution in [0.3, 0.4) is 0 Å². The molecular weight excluding hydrogens is 234 g/mol. The molecule has 1 saturated heterocycles. The van der Waals surface area contributed by atoms with Crippen molar-refractivity contribution in [1.82, 2.24) is 15.0 Å². The predicted molar refractivity (Wildman–Crippen MR) is 64.9 cm³/mol. The molecule has 0 radical (unpaired) electrons. The first-order valence-electron chi connectivity index (χ1n) is 6.43. The second kappa shape index (κ2) is 6.26. The molecule has 0 spiro atoms. The average molecular weight is 255 g/mol. The van der Waals surface area contributed by atoms with E-state index in [2.05, 4.69) is 28.9 Å². The molecule has 1 aromatic heterocycles. The summed E-state index contributed by atoms with van der Waals surface area (Å²) in [5, 5.41) is 13.1. The lowest BCUT2D eigenvalue weighted by molar-refractivity contribution is -0.0558. The van der Waals surface area contributed by atoms with E-state index in [4.69, 9.17) is 14.4 Å². The topological polar surface area (TPSA) is 71.6 Å². The monoisotopic (exact) mass is 255 g/mol. The van der Waals surface area contributed by atoms with E-state index in [1.54, 1.807) is 0 Å². The molecule has 2 rings (SSSR count). The molecule has 1 unspecified atom stereocenters. The smallest absolute Gasteiger partial charge is 0.226 e. The molecular formula is C12H21N3O3. The van der Waals surface area contributed by atoms with Crippen molar-refractivity contribution in [3.05, 3.63) is 11.7 Å². The number of ether oxygens (including phenoxy) is 1. The number of hydrogen-bond donors (Lipinski definition) is 1. The molecule has 6 nitrogen and oxygen atoms in total. The molecule has 1 N–H and O–H groups in total. The van der Waals surface area contributed by atoms with Crippen LogP contribution >= 0.6 is 0 Å². The van der Waals surface area contributed by atoms with Gasteiger partial charge >= 0.3 is 0 Å². The molecule has 1 aliphatic rings. The van der Waals surface area contributed by atoms with Gasteiger partial charge < -0.3 is 14.4 Å². The van der Waals surface area contributed by atoms with Gasteiger partial charge in [0, 0.05) is 19.5 Å². The maximum atomic E-state index is 9.08. The van der Waals surface area contributed by atoms with Gasteiger partial charge in [0.1, 0.15) is 0 Å². The lowest BCUT2D eigenvalue weighted by Crippen LogP contribution is -2.43. The molecule has 1 fully saturated rings. The molecule has 1 atom stereocenters. The molecule has 0 amide bonds. The van der Waals surface area contributed by atoms with Crippen LogP contribution in [-0.2, 0) is 17.7 Å². The van der Waals surface area contributed by atoms with Crippen LogP contribution in [0.5, 0.6) is 0 Å². The molecule has 1 aliphatic heterocycles. The van der Waals surface area contributed by atoms with Crippen LogP contribution in [0.15, 0.2) is 4.52 Å². The van der Waals surface area contributed by atoms with Crippen LogP contribution in [0, 0.1) is 5.92 Å². The Morgan fingerprint density at radius 1 is 1.50 bits per heavy atom. The molecule has 0 aromatic carbocycles. The first-order valence-corrected chi connectivity index (χ1v) is 6.43. The minimum Gasteiger partial charge on any atom is -0.394 e. The molecule has 0 aliphatic carbocycles. The van der Waals surface area contributed by atoms with Crippen molar-refractivity contribution in [1.29, 1.82) is 0 Å². The third-order valence-corrected chi connectivity index (χ3v) is 2.88.